The summed E-state index contributed by atoms with van der Waals surface area (Å²) in [4.78, 5) is 4.29. The lowest BCUT2D eigenvalue weighted by molar-refractivity contribution is -0.577. The fraction of sp³-hybridized carbons (Fsp3) is 0.333. The molecular formula is C12H14N2O. The molecule has 0 bridgehead atoms. The van der Waals surface area contributed by atoms with Crippen molar-refractivity contribution >= 4 is 11.0 Å². The summed E-state index contributed by atoms with van der Waals surface area (Å²) in [6, 6.07) is 5.43. The molecule has 78 valence electrons. The Kier molecular flexibility index (Phi) is 2.11. The highest BCUT2D eigenvalue weighted by Crippen LogP contribution is 2.26. The first-order valence-electron chi connectivity index (χ1n) is 4.97. The second-order valence-corrected chi connectivity index (χ2v) is 4.68. The lowest BCUT2D eigenvalue weighted by Gasteiger charge is -2.19. The van der Waals surface area contributed by atoms with Gasteiger partial charge in [-0.3, -0.25) is 0 Å². The van der Waals surface area contributed by atoms with Crippen molar-refractivity contribution < 1.29 is 4.73 Å². The largest absolute Gasteiger partial charge is 0.618 e. The molecule has 0 atom stereocenters. The predicted octanol–water partition coefficient (Wildman–Crippen LogP) is 2.17. The first-order valence-corrected chi connectivity index (χ1v) is 4.97. The molecule has 2 heterocycles. The van der Waals surface area contributed by atoms with Crippen LogP contribution in [0.4, 0.5) is 0 Å². The van der Waals surface area contributed by atoms with E-state index in [0.717, 1.165) is 15.8 Å². The monoisotopic (exact) mass is 202 g/mol. The molecule has 0 aliphatic rings. The van der Waals surface area contributed by atoms with Crippen LogP contribution in [0.2, 0.25) is 0 Å². The number of rotatable bonds is 0. The Labute approximate surface area is 89.0 Å². The molecule has 0 saturated heterocycles. The van der Waals surface area contributed by atoms with Crippen molar-refractivity contribution in [2.24, 2.45) is 0 Å². The van der Waals surface area contributed by atoms with E-state index in [4.69, 9.17) is 0 Å². The number of pyridine rings is 2. The Bertz CT molecular complexity index is 500. The van der Waals surface area contributed by atoms with Crippen LogP contribution in [0, 0.1) is 5.21 Å². The molecule has 0 amide bonds. The molecule has 2 aromatic rings. The van der Waals surface area contributed by atoms with Gasteiger partial charge in [0.1, 0.15) is 5.52 Å². The first-order chi connectivity index (χ1) is 7.00. The number of nitrogens with zero attached hydrogens (tertiary/aromatic N) is 2. The predicted molar refractivity (Wildman–Crippen MR) is 59.4 cm³/mol. The van der Waals surface area contributed by atoms with E-state index in [1.807, 2.05) is 6.07 Å². The van der Waals surface area contributed by atoms with Crippen LogP contribution in [-0.2, 0) is 5.41 Å². The smallest absolute Gasteiger partial charge is 0.242 e. The third-order valence-corrected chi connectivity index (χ3v) is 2.46. The second kappa shape index (κ2) is 3.19. The highest BCUT2D eigenvalue weighted by atomic mass is 16.5. The molecule has 0 aliphatic carbocycles. The number of hydrogen-bond donors (Lipinski definition) is 0. The van der Waals surface area contributed by atoms with E-state index in [1.54, 1.807) is 24.5 Å². The van der Waals surface area contributed by atoms with Crippen molar-refractivity contribution in [3.8, 4) is 0 Å². The van der Waals surface area contributed by atoms with Gasteiger partial charge in [0.15, 0.2) is 6.20 Å². The van der Waals surface area contributed by atoms with E-state index in [2.05, 4.69) is 25.8 Å². The lowest BCUT2D eigenvalue weighted by atomic mass is 9.86. The molecule has 2 aromatic heterocycles. The van der Waals surface area contributed by atoms with Crippen molar-refractivity contribution in [1.29, 1.82) is 0 Å². The maximum Gasteiger partial charge on any atom is 0.242 e. The molecular weight excluding hydrogens is 188 g/mol. The quantitative estimate of drug-likeness (QED) is 0.485. The normalized spacial score (nSPS) is 11.9. The molecule has 0 aliphatic heterocycles. The summed E-state index contributed by atoms with van der Waals surface area (Å²) in [5, 5.41) is 11.5. The molecule has 3 heteroatoms. The zero-order chi connectivity index (χ0) is 11.1. The van der Waals surface area contributed by atoms with Crippen LogP contribution in [0.3, 0.4) is 0 Å². The number of fused-ring (bicyclic) bond motifs is 1. The van der Waals surface area contributed by atoms with Crippen LogP contribution in [0.15, 0.2) is 30.6 Å². The minimum absolute atomic E-state index is 0.000856. The van der Waals surface area contributed by atoms with Gasteiger partial charge < -0.3 is 5.21 Å². The van der Waals surface area contributed by atoms with E-state index in [9.17, 15) is 5.21 Å². The maximum atomic E-state index is 11.5. The fourth-order valence-electron chi connectivity index (χ4n) is 1.69. The summed E-state index contributed by atoms with van der Waals surface area (Å²) < 4.78 is 0.859. The van der Waals surface area contributed by atoms with Gasteiger partial charge in [0, 0.05) is 18.3 Å². The van der Waals surface area contributed by atoms with Crippen molar-refractivity contribution in [2.45, 2.75) is 26.2 Å². The Balaban J connectivity index is 2.84. The third kappa shape index (κ3) is 1.65. The van der Waals surface area contributed by atoms with Crippen LogP contribution < -0.4 is 4.73 Å². The van der Waals surface area contributed by atoms with E-state index >= 15 is 0 Å². The van der Waals surface area contributed by atoms with Gasteiger partial charge in [-0.2, -0.15) is 4.73 Å². The summed E-state index contributed by atoms with van der Waals surface area (Å²) in [5.74, 6) is 0. The van der Waals surface area contributed by atoms with E-state index in [1.165, 1.54) is 0 Å². The second-order valence-electron chi connectivity index (χ2n) is 4.68. The summed E-state index contributed by atoms with van der Waals surface area (Å²) in [7, 11) is 0. The lowest BCUT2D eigenvalue weighted by Crippen LogP contribution is -2.28. The zero-order valence-electron chi connectivity index (χ0n) is 9.19. The molecule has 0 radical (unpaired) electrons. The molecule has 0 saturated carbocycles. The molecule has 0 fully saturated rings. The maximum absolute atomic E-state index is 11.5. The van der Waals surface area contributed by atoms with Gasteiger partial charge >= 0.3 is 0 Å². The minimum atomic E-state index is 0.000856. The van der Waals surface area contributed by atoms with E-state index in [-0.39, 0.29) is 5.41 Å². The van der Waals surface area contributed by atoms with Crippen LogP contribution in [0.1, 0.15) is 26.3 Å². The number of hydrogen-bond acceptors (Lipinski definition) is 2. The summed E-state index contributed by atoms with van der Waals surface area (Å²) in [5.41, 5.74) is 2.53. The van der Waals surface area contributed by atoms with Gasteiger partial charge in [0.2, 0.25) is 5.52 Å². The zero-order valence-corrected chi connectivity index (χ0v) is 9.19. The molecule has 2 rings (SSSR count). The van der Waals surface area contributed by atoms with Gasteiger partial charge in [0.05, 0.1) is 0 Å². The number of aromatic nitrogens is 2. The van der Waals surface area contributed by atoms with Crippen molar-refractivity contribution in [3.63, 3.8) is 0 Å². The first kappa shape index (κ1) is 9.90. The SMILES string of the molecule is CC(C)(C)c1cc[n+]([O-])c2cccnc12. The van der Waals surface area contributed by atoms with Crippen LogP contribution in [0.25, 0.3) is 11.0 Å². The Morgan fingerprint density at radius 2 is 2.00 bits per heavy atom. The molecule has 0 N–H and O–H groups in total. The van der Waals surface area contributed by atoms with Crippen molar-refractivity contribution in [1.82, 2.24) is 4.98 Å². The summed E-state index contributed by atoms with van der Waals surface area (Å²) in [6.07, 6.45) is 3.27. The Hall–Kier alpha value is -1.64. The standard InChI is InChI=1S/C12H14N2O/c1-12(2,3)9-6-8-14(15)10-5-4-7-13-11(9)10/h4-8H,1-3H3. The van der Waals surface area contributed by atoms with Crippen LogP contribution in [-0.4, -0.2) is 4.98 Å². The topological polar surface area (TPSA) is 39.8 Å². The van der Waals surface area contributed by atoms with Gasteiger partial charge in [-0.05, 0) is 17.0 Å². The fourth-order valence-corrected chi connectivity index (χ4v) is 1.69. The van der Waals surface area contributed by atoms with Crippen molar-refractivity contribution in [3.05, 3.63) is 41.4 Å². The van der Waals surface area contributed by atoms with E-state index < -0.39 is 0 Å². The molecule has 15 heavy (non-hydrogen) atoms. The van der Waals surface area contributed by atoms with E-state index in [0.29, 0.717) is 5.52 Å². The Morgan fingerprint density at radius 3 is 2.67 bits per heavy atom. The van der Waals surface area contributed by atoms with Gasteiger partial charge in [-0.1, -0.05) is 20.8 Å². The highest BCUT2D eigenvalue weighted by molar-refractivity contribution is 5.75. The van der Waals surface area contributed by atoms with Gasteiger partial charge in [0.25, 0.3) is 0 Å². The molecule has 0 spiro atoms. The minimum Gasteiger partial charge on any atom is -0.618 e. The molecule has 3 nitrogen and oxygen atoms in total. The van der Waals surface area contributed by atoms with Crippen LogP contribution in [0.5, 0.6) is 0 Å². The Morgan fingerprint density at radius 1 is 1.27 bits per heavy atom. The average molecular weight is 202 g/mol. The van der Waals surface area contributed by atoms with Crippen LogP contribution >= 0.6 is 0 Å². The van der Waals surface area contributed by atoms with Gasteiger partial charge in [-0.15, -0.1) is 0 Å². The average Bonchev–Trinajstić information content (AvgIpc) is 2.17. The summed E-state index contributed by atoms with van der Waals surface area (Å²) >= 11 is 0. The van der Waals surface area contributed by atoms with Crippen molar-refractivity contribution in [2.75, 3.05) is 0 Å². The molecule has 0 unspecified atom stereocenters. The highest BCUT2D eigenvalue weighted by Gasteiger charge is 2.20. The molecule has 0 aromatic carbocycles. The van der Waals surface area contributed by atoms with Gasteiger partial charge in [-0.25, -0.2) is 4.98 Å². The third-order valence-electron chi connectivity index (χ3n) is 2.46. The summed E-state index contributed by atoms with van der Waals surface area (Å²) in [6.45, 7) is 6.35.